The molecule has 38 heavy (non-hydrogen) atoms. The van der Waals surface area contributed by atoms with Gasteiger partial charge in [-0.15, -0.1) is 0 Å². The molecule has 0 radical (unpaired) electrons. The first kappa shape index (κ1) is 27.5. The normalized spacial score (nSPS) is 14.4. The average molecular weight is 520 g/mol. The first-order valence-corrected chi connectivity index (χ1v) is 13.4. The summed E-state index contributed by atoms with van der Waals surface area (Å²) >= 11 is 0. The first-order valence-electron chi connectivity index (χ1n) is 13.4. The molecule has 5 nitrogen and oxygen atoms in total. The zero-order chi connectivity index (χ0) is 27.1. The smallest absolute Gasteiger partial charge is 0.256 e. The van der Waals surface area contributed by atoms with Crippen molar-refractivity contribution >= 4 is 17.5 Å². The number of unbranched alkanes of at least 4 members (excludes halogenated alkanes) is 3. The number of anilines is 1. The van der Waals surface area contributed by atoms with E-state index in [4.69, 9.17) is 5.73 Å². The Morgan fingerprint density at radius 1 is 0.921 bits per heavy atom. The van der Waals surface area contributed by atoms with Gasteiger partial charge in [-0.2, -0.15) is 0 Å². The molecule has 7 heteroatoms. The Balaban J connectivity index is 1.71. The molecule has 1 atom stereocenters. The SMILES string of the molecule is CCC(c1ccccc1)N1CC(=O)N(Cc2ccc(F)cc2F)c2ccc(CCCCCCN)cc2C1=O. The van der Waals surface area contributed by atoms with E-state index < -0.39 is 11.6 Å². The van der Waals surface area contributed by atoms with Gasteiger partial charge in [0.15, 0.2) is 0 Å². The largest absolute Gasteiger partial charge is 0.330 e. The molecule has 0 saturated carbocycles. The van der Waals surface area contributed by atoms with Gasteiger partial charge in [0.2, 0.25) is 5.91 Å². The minimum absolute atomic E-state index is 0.0976. The van der Waals surface area contributed by atoms with E-state index in [1.807, 2.05) is 49.4 Å². The fourth-order valence-electron chi connectivity index (χ4n) is 5.12. The first-order chi connectivity index (χ1) is 18.4. The lowest BCUT2D eigenvalue weighted by Gasteiger charge is -2.30. The van der Waals surface area contributed by atoms with Gasteiger partial charge in [-0.1, -0.05) is 62.2 Å². The highest BCUT2D eigenvalue weighted by Gasteiger charge is 2.35. The lowest BCUT2D eigenvalue weighted by atomic mass is 9.99. The molecule has 2 amide bonds. The van der Waals surface area contributed by atoms with Crippen LogP contribution in [0.25, 0.3) is 0 Å². The summed E-state index contributed by atoms with van der Waals surface area (Å²) in [5.74, 6) is -1.95. The van der Waals surface area contributed by atoms with E-state index in [9.17, 15) is 18.4 Å². The number of halogens is 2. The Kier molecular flexibility index (Phi) is 9.24. The Morgan fingerprint density at radius 3 is 2.39 bits per heavy atom. The van der Waals surface area contributed by atoms with E-state index in [1.165, 1.54) is 17.0 Å². The highest BCUT2D eigenvalue weighted by Crippen LogP contribution is 2.34. The molecule has 0 aromatic heterocycles. The van der Waals surface area contributed by atoms with Gasteiger partial charge in [-0.05, 0) is 61.6 Å². The van der Waals surface area contributed by atoms with Crippen molar-refractivity contribution in [3.8, 4) is 0 Å². The van der Waals surface area contributed by atoms with Crippen molar-refractivity contribution in [3.05, 3.63) is 101 Å². The van der Waals surface area contributed by atoms with E-state index in [0.29, 0.717) is 24.2 Å². The van der Waals surface area contributed by atoms with Crippen LogP contribution in [0.2, 0.25) is 0 Å². The number of benzene rings is 3. The van der Waals surface area contributed by atoms with Crippen LogP contribution >= 0.6 is 0 Å². The van der Waals surface area contributed by atoms with Gasteiger partial charge in [-0.3, -0.25) is 9.59 Å². The minimum atomic E-state index is -0.725. The maximum absolute atomic E-state index is 14.6. The minimum Gasteiger partial charge on any atom is -0.330 e. The molecule has 3 aromatic carbocycles. The van der Waals surface area contributed by atoms with Gasteiger partial charge >= 0.3 is 0 Å². The average Bonchev–Trinajstić information content (AvgIpc) is 3.01. The van der Waals surface area contributed by atoms with Crippen LogP contribution < -0.4 is 10.6 Å². The van der Waals surface area contributed by atoms with E-state index in [0.717, 1.165) is 49.3 Å². The lowest BCUT2D eigenvalue weighted by Crippen LogP contribution is -2.41. The van der Waals surface area contributed by atoms with Crippen LogP contribution in [0.5, 0.6) is 0 Å². The van der Waals surface area contributed by atoms with Gasteiger partial charge in [0.05, 0.1) is 23.8 Å². The summed E-state index contributed by atoms with van der Waals surface area (Å²) < 4.78 is 28.1. The zero-order valence-electron chi connectivity index (χ0n) is 21.8. The van der Waals surface area contributed by atoms with Gasteiger partial charge < -0.3 is 15.5 Å². The highest BCUT2D eigenvalue weighted by molar-refractivity contribution is 6.09. The van der Waals surface area contributed by atoms with Crippen molar-refractivity contribution in [3.63, 3.8) is 0 Å². The van der Waals surface area contributed by atoms with Crippen LogP contribution in [0.1, 0.15) is 72.1 Å². The van der Waals surface area contributed by atoms with Crippen LogP contribution in [0, 0.1) is 11.6 Å². The summed E-state index contributed by atoms with van der Waals surface area (Å²) in [4.78, 5) is 30.8. The number of hydrogen-bond acceptors (Lipinski definition) is 3. The summed E-state index contributed by atoms with van der Waals surface area (Å²) in [6, 6.07) is 18.3. The Hall–Kier alpha value is -3.58. The summed E-state index contributed by atoms with van der Waals surface area (Å²) in [5.41, 5.74) is 8.62. The van der Waals surface area contributed by atoms with E-state index in [2.05, 4.69) is 0 Å². The molecular weight excluding hydrogens is 484 g/mol. The predicted molar refractivity (Wildman–Crippen MR) is 146 cm³/mol. The van der Waals surface area contributed by atoms with Crippen molar-refractivity contribution in [1.29, 1.82) is 0 Å². The second-order valence-corrected chi connectivity index (χ2v) is 9.79. The molecule has 0 spiro atoms. The summed E-state index contributed by atoms with van der Waals surface area (Å²) in [5, 5.41) is 0. The van der Waals surface area contributed by atoms with E-state index in [1.54, 1.807) is 11.0 Å². The summed E-state index contributed by atoms with van der Waals surface area (Å²) in [7, 11) is 0. The molecule has 200 valence electrons. The second-order valence-electron chi connectivity index (χ2n) is 9.79. The quantitative estimate of drug-likeness (QED) is 0.308. The van der Waals surface area contributed by atoms with E-state index >= 15 is 0 Å². The number of amides is 2. The predicted octanol–water partition coefficient (Wildman–Crippen LogP) is 6.17. The highest BCUT2D eigenvalue weighted by atomic mass is 19.1. The van der Waals surface area contributed by atoms with Crippen LogP contribution in [0.3, 0.4) is 0 Å². The number of aryl methyl sites for hydroxylation is 1. The number of rotatable bonds is 11. The lowest BCUT2D eigenvalue weighted by molar-refractivity contribution is -0.119. The molecular formula is C31H35F2N3O2. The molecule has 1 aliphatic heterocycles. The molecule has 1 aliphatic rings. The van der Waals surface area contributed by atoms with Gasteiger partial charge in [0, 0.05) is 11.6 Å². The summed E-state index contributed by atoms with van der Waals surface area (Å²) in [6.07, 6.45) is 5.52. The van der Waals surface area contributed by atoms with Crippen LogP contribution in [0.4, 0.5) is 14.5 Å². The van der Waals surface area contributed by atoms with Gasteiger partial charge in [0.25, 0.3) is 5.91 Å². The van der Waals surface area contributed by atoms with E-state index in [-0.39, 0.29) is 36.5 Å². The number of nitrogens with zero attached hydrogens (tertiary/aromatic N) is 2. The molecule has 0 bridgehead atoms. The van der Waals surface area contributed by atoms with Crippen LogP contribution in [-0.4, -0.2) is 29.8 Å². The Morgan fingerprint density at radius 2 is 1.68 bits per heavy atom. The summed E-state index contributed by atoms with van der Waals surface area (Å²) in [6.45, 7) is 2.43. The van der Waals surface area contributed by atoms with Crippen LogP contribution in [-0.2, 0) is 17.8 Å². The van der Waals surface area contributed by atoms with Crippen molar-refractivity contribution in [2.45, 2.75) is 58.0 Å². The van der Waals surface area contributed by atoms with Crippen molar-refractivity contribution in [1.82, 2.24) is 4.90 Å². The number of carbonyl (C=O) groups is 2. The number of fused-ring (bicyclic) bond motifs is 1. The zero-order valence-corrected chi connectivity index (χ0v) is 21.8. The number of nitrogens with two attached hydrogens (primary N) is 1. The van der Waals surface area contributed by atoms with Crippen molar-refractivity contribution in [2.75, 3.05) is 18.0 Å². The topological polar surface area (TPSA) is 66.6 Å². The third-order valence-corrected chi connectivity index (χ3v) is 7.16. The molecule has 1 unspecified atom stereocenters. The molecule has 0 aliphatic carbocycles. The third-order valence-electron chi connectivity index (χ3n) is 7.16. The molecule has 4 rings (SSSR count). The Labute approximate surface area is 223 Å². The molecule has 1 heterocycles. The standard InChI is InChI=1S/C31H35F2N3O2/c1-2-28(23-11-7-5-8-12-23)36-21-30(37)35(20-24-14-15-25(32)19-27(24)33)29-16-13-22(18-26(29)31(36)38)10-6-3-4-9-17-34/h5,7-8,11-16,18-19,28H,2-4,6,9-10,17,20-21,34H2,1H3. The van der Waals surface area contributed by atoms with Crippen LogP contribution in [0.15, 0.2) is 66.7 Å². The maximum atomic E-state index is 14.6. The molecule has 3 aromatic rings. The monoisotopic (exact) mass is 519 g/mol. The third kappa shape index (κ3) is 6.27. The number of carbonyl (C=O) groups excluding carboxylic acids is 2. The van der Waals surface area contributed by atoms with Gasteiger partial charge in [0.1, 0.15) is 18.2 Å². The van der Waals surface area contributed by atoms with Crippen molar-refractivity contribution in [2.24, 2.45) is 5.73 Å². The fourth-order valence-corrected chi connectivity index (χ4v) is 5.12. The van der Waals surface area contributed by atoms with Gasteiger partial charge in [-0.25, -0.2) is 8.78 Å². The fraction of sp³-hybridized carbons (Fsp3) is 0.355. The number of hydrogen-bond donors (Lipinski definition) is 1. The second kappa shape index (κ2) is 12.8. The Bertz CT molecular complexity index is 1270. The molecule has 0 fully saturated rings. The molecule has 0 saturated heterocycles. The van der Waals surface area contributed by atoms with Crippen molar-refractivity contribution < 1.29 is 18.4 Å². The molecule has 2 N–H and O–H groups in total. The maximum Gasteiger partial charge on any atom is 0.256 e.